The highest BCUT2D eigenvalue weighted by atomic mass is 19.1. The highest BCUT2D eigenvalue weighted by Gasteiger charge is 2.33. The molecule has 0 saturated carbocycles. The zero-order valence-corrected chi connectivity index (χ0v) is 16.2. The van der Waals surface area contributed by atoms with Crippen molar-refractivity contribution in [1.29, 1.82) is 0 Å². The van der Waals surface area contributed by atoms with Crippen molar-refractivity contribution in [3.05, 3.63) is 83.2 Å². The van der Waals surface area contributed by atoms with Crippen LogP contribution < -0.4 is 0 Å². The van der Waals surface area contributed by atoms with Crippen LogP contribution in [0.2, 0.25) is 0 Å². The lowest BCUT2D eigenvalue weighted by atomic mass is 9.99. The van der Waals surface area contributed by atoms with E-state index in [1.807, 2.05) is 42.5 Å². The van der Waals surface area contributed by atoms with Gasteiger partial charge in [-0.25, -0.2) is 4.39 Å². The Kier molecular flexibility index (Phi) is 6.77. The molecule has 0 bridgehead atoms. The number of hydrogen-bond donors (Lipinski definition) is 0. The van der Waals surface area contributed by atoms with E-state index in [0.717, 1.165) is 22.3 Å². The zero-order chi connectivity index (χ0) is 19.9. The van der Waals surface area contributed by atoms with Crippen LogP contribution in [0.4, 0.5) is 4.39 Å². The average Bonchev–Trinajstić information content (AvgIpc) is 2.96. The molecule has 0 heterocycles. The molecule has 0 N–H and O–H groups in total. The Morgan fingerprint density at radius 2 is 1.96 bits per heavy atom. The van der Waals surface area contributed by atoms with Crippen LogP contribution in [-0.4, -0.2) is 19.7 Å². The molecule has 0 amide bonds. The molecule has 3 rings (SSSR count). The number of carbonyl (C=O) groups excluding carboxylic acids is 1. The summed E-state index contributed by atoms with van der Waals surface area (Å²) in [5.74, 6) is -0.375. The van der Waals surface area contributed by atoms with Crippen molar-refractivity contribution in [2.45, 2.75) is 25.9 Å². The predicted octanol–water partition coefficient (Wildman–Crippen LogP) is 5.58. The number of rotatable bonds is 7. The Labute approximate surface area is 165 Å². The number of benzene rings is 2. The molecule has 0 fully saturated rings. The fraction of sp³-hybridized carbons (Fsp3) is 0.292. The summed E-state index contributed by atoms with van der Waals surface area (Å²) in [7, 11) is 1.64. The molecular formula is C24H25FO3. The van der Waals surface area contributed by atoms with E-state index in [1.54, 1.807) is 19.2 Å². The number of carbonyl (C=O) groups is 1. The van der Waals surface area contributed by atoms with Gasteiger partial charge in [0.1, 0.15) is 5.82 Å². The molecule has 0 unspecified atom stereocenters. The second-order valence-corrected chi connectivity index (χ2v) is 6.86. The summed E-state index contributed by atoms with van der Waals surface area (Å²) < 4.78 is 24.5. The van der Waals surface area contributed by atoms with Crippen molar-refractivity contribution in [3.8, 4) is 0 Å². The summed E-state index contributed by atoms with van der Waals surface area (Å²) >= 11 is 0. The maximum Gasteiger partial charge on any atom is 0.309 e. The second-order valence-electron chi connectivity index (χ2n) is 6.86. The molecule has 2 atom stereocenters. The van der Waals surface area contributed by atoms with Crippen LogP contribution >= 0.6 is 0 Å². The van der Waals surface area contributed by atoms with Crippen molar-refractivity contribution >= 4 is 17.6 Å². The number of fused-ring (bicyclic) bond motifs is 1. The Bertz CT molecular complexity index is 871. The van der Waals surface area contributed by atoms with Gasteiger partial charge in [0.2, 0.25) is 0 Å². The molecule has 0 saturated heterocycles. The SMILES string of the molecule is CO[C@@H]1c2cc(F)ccc2C(=CCCOC(=O)CC=Cc2ccccc2)[C@H]1C. The highest BCUT2D eigenvalue weighted by Crippen LogP contribution is 2.46. The van der Waals surface area contributed by atoms with Crippen LogP contribution in [0.1, 0.15) is 42.6 Å². The van der Waals surface area contributed by atoms with Crippen molar-refractivity contribution in [2.75, 3.05) is 13.7 Å². The molecule has 0 spiro atoms. The van der Waals surface area contributed by atoms with Gasteiger partial charge in [-0.1, -0.05) is 61.5 Å². The number of ether oxygens (including phenoxy) is 2. The molecule has 1 aliphatic rings. The maximum atomic E-state index is 13.6. The Morgan fingerprint density at radius 1 is 1.18 bits per heavy atom. The molecule has 0 radical (unpaired) electrons. The van der Waals surface area contributed by atoms with E-state index >= 15 is 0 Å². The molecule has 3 nitrogen and oxygen atoms in total. The van der Waals surface area contributed by atoms with Crippen molar-refractivity contribution < 1.29 is 18.7 Å². The van der Waals surface area contributed by atoms with Gasteiger partial charge in [0, 0.05) is 19.4 Å². The lowest BCUT2D eigenvalue weighted by Crippen LogP contribution is -2.06. The van der Waals surface area contributed by atoms with E-state index in [4.69, 9.17) is 9.47 Å². The molecule has 146 valence electrons. The first-order valence-corrected chi connectivity index (χ1v) is 9.50. The molecule has 0 aliphatic heterocycles. The normalized spacial score (nSPS) is 19.9. The molecule has 28 heavy (non-hydrogen) atoms. The lowest BCUT2D eigenvalue weighted by Gasteiger charge is -2.15. The zero-order valence-electron chi connectivity index (χ0n) is 16.2. The second kappa shape index (κ2) is 9.47. The lowest BCUT2D eigenvalue weighted by molar-refractivity contribution is -0.142. The molecule has 1 aliphatic carbocycles. The number of methoxy groups -OCH3 is 1. The molecule has 4 heteroatoms. The van der Waals surface area contributed by atoms with Crippen LogP contribution in [0.25, 0.3) is 11.6 Å². The van der Waals surface area contributed by atoms with Crippen molar-refractivity contribution in [1.82, 2.24) is 0 Å². The van der Waals surface area contributed by atoms with Crippen LogP contribution in [0.15, 0.2) is 60.7 Å². The summed E-state index contributed by atoms with van der Waals surface area (Å²) in [6.07, 6.45) is 6.49. The summed E-state index contributed by atoms with van der Waals surface area (Å²) in [5, 5.41) is 0. The highest BCUT2D eigenvalue weighted by molar-refractivity contribution is 5.75. The van der Waals surface area contributed by atoms with Gasteiger partial charge in [-0.15, -0.1) is 0 Å². The third-order valence-corrected chi connectivity index (χ3v) is 4.97. The third-order valence-electron chi connectivity index (χ3n) is 4.97. The van der Waals surface area contributed by atoms with Gasteiger partial charge in [0.25, 0.3) is 0 Å². The van der Waals surface area contributed by atoms with Crippen LogP contribution in [0, 0.1) is 11.7 Å². The van der Waals surface area contributed by atoms with Gasteiger partial charge in [-0.05, 0) is 34.4 Å². The molecule has 2 aromatic rings. The number of esters is 1. The minimum Gasteiger partial charge on any atom is -0.465 e. The summed E-state index contributed by atoms with van der Waals surface area (Å²) in [4.78, 5) is 11.9. The van der Waals surface area contributed by atoms with E-state index in [1.165, 1.54) is 6.07 Å². The van der Waals surface area contributed by atoms with E-state index in [2.05, 4.69) is 13.0 Å². The minimum atomic E-state index is -0.258. The molecule has 0 aromatic heterocycles. The van der Waals surface area contributed by atoms with Crippen molar-refractivity contribution in [2.24, 2.45) is 5.92 Å². The fourth-order valence-electron chi connectivity index (χ4n) is 3.64. The number of hydrogen-bond acceptors (Lipinski definition) is 3. The largest absolute Gasteiger partial charge is 0.465 e. The Morgan fingerprint density at radius 3 is 2.71 bits per heavy atom. The standard InChI is InChI=1S/C24H25FO3/c1-17-20(21-14-13-19(25)16-22(21)24(17)27-2)11-7-15-28-23(26)12-6-10-18-8-4-3-5-9-18/h3-6,8-11,13-14,16-17,24H,7,12,15H2,1-2H3/t17-,24+/m1/s1. The summed E-state index contributed by atoms with van der Waals surface area (Å²) in [5.41, 5.74) is 4.06. The average molecular weight is 380 g/mol. The van der Waals surface area contributed by atoms with Gasteiger partial charge in [-0.3, -0.25) is 4.79 Å². The molecular weight excluding hydrogens is 355 g/mol. The minimum absolute atomic E-state index is 0.131. The first-order chi connectivity index (χ1) is 13.6. The van der Waals surface area contributed by atoms with Gasteiger partial charge in [0.05, 0.1) is 19.1 Å². The fourth-order valence-corrected chi connectivity index (χ4v) is 3.64. The van der Waals surface area contributed by atoms with Crippen LogP contribution in [-0.2, 0) is 14.3 Å². The summed E-state index contributed by atoms with van der Waals surface area (Å²) in [6.45, 7) is 2.39. The van der Waals surface area contributed by atoms with E-state index < -0.39 is 0 Å². The van der Waals surface area contributed by atoms with E-state index in [-0.39, 0.29) is 30.2 Å². The molecule has 2 aromatic carbocycles. The predicted molar refractivity (Wildman–Crippen MR) is 109 cm³/mol. The number of halogens is 1. The van der Waals surface area contributed by atoms with Crippen molar-refractivity contribution in [3.63, 3.8) is 0 Å². The Balaban J connectivity index is 1.52. The first-order valence-electron chi connectivity index (χ1n) is 9.50. The van der Waals surface area contributed by atoms with Gasteiger partial charge in [-0.2, -0.15) is 0 Å². The van der Waals surface area contributed by atoms with E-state index in [9.17, 15) is 9.18 Å². The first kappa shape index (κ1) is 20.0. The van der Waals surface area contributed by atoms with Crippen LogP contribution in [0.3, 0.4) is 0 Å². The topological polar surface area (TPSA) is 35.5 Å². The smallest absolute Gasteiger partial charge is 0.309 e. The Hall–Kier alpha value is -2.72. The van der Waals surface area contributed by atoms with Gasteiger partial charge in [0.15, 0.2) is 0 Å². The monoisotopic (exact) mass is 380 g/mol. The quantitative estimate of drug-likeness (QED) is 0.464. The van der Waals surface area contributed by atoms with E-state index in [0.29, 0.717) is 13.0 Å². The van der Waals surface area contributed by atoms with Crippen LogP contribution in [0.5, 0.6) is 0 Å². The summed E-state index contributed by atoms with van der Waals surface area (Å²) in [6, 6.07) is 14.6. The van der Waals surface area contributed by atoms with Gasteiger partial charge >= 0.3 is 5.97 Å². The van der Waals surface area contributed by atoms with Gasteiger partial charge < -0.3 is 9.47 Å². The third kappa shape index (κ3) is 4.76. The maximum absolute atomic E-state index is 13.6.